The number of rotatable bonds is 5. The Balaban J connectivity index is 2.08. The van der Waals surface area contributed by atoms with Crippen molar-refractivity contribution in [3.05, 3.63) is 39.4 Å². The lowest BCUT2D eigenvalue weighted by molar-refractivity contribution is -0.385. The van der Waals surface area contributed by atoms with Crippen LogP contribution in [0.3, 0.4) is 0 Å². The summed E-state index contributed by atoms with van der Waals surface area (Å²) in [6.07, 6.45) is 7.73. The van der Waals surface area contributed by atoms with Crippen molar-refractivity contribution in [2.24, 2.45) is 11.7 Å². The van der Waals surface area contributed by atoms with Crippen LogP contribution >= 0.6 is 0 Å². The summed E-state index contributed by atoms with van der Waals surface area (Å²) in [4.78, 5) is 10.7. The summed E-state index contributed by atoms with van der Waals surface area (Å²) in [6, 6.07) is 5.32. The van der Waals surface area contributed by atoms with Gasteiger partial charge in [0.05, 0.1) is 4.92 Å². The van der Waals surface area contributed by atoms with Crippen LogP contribution in [0.5, 0.6) is 0 Å². The van der Waals surface area contributed by atoms with Crippen molar-refractivity contribution in [3.8, 4) is 0 Å². The maximum atomic E-state index is 11.0. The Hall–Kier alpha value is -1.42. The first-order chi connectivity index (χ1) is 9.95. The van der Waals surface area contributed by atoms with Crippen LogP contribution in [0.4, 0.5) is 5.69 Å². The second kappa shape index (κ2) is 6.56. The molecule has 4 heteroatoms. The molecule has 1 aliphatic carbocycles. The van der Waals surface area contributed by atoms with Gasteiger partial charge in [0, 0.05) is 17.2 Å². The summed E-state index contributed by atoms with van der Waals surface area (Å²) in [5.74, 6) is 0.817. The largest absolute Gasteiger partial charge is 0.325 e. The molecule has 0 heterocycles. The van der Waals surface area contributed by atoms with E-state index in [1.807, 2.05) is 13.0 Å². The Kier molecular flexibility index (Phi) is 4.99. The van der Waals surface area contributed by atoms with Crippen LogP contribution in [0, 0.1) is 23.0 Å². The van der Waals surface area contributed by atoms with Crippen LogP contribution in [0.15, 0.2) is 18.2 Å². The smallest absolute Gasteiger partial charge is 0.272 e. The van der Waals surface area contributed by atoms with Crippen molar-refractivity contribution < 1.29 is 4.92 Å². The molecule has 2 N–H and O–H groups in total. The molecular weight excluding hydrogens is 264 g/mol. The highest BCUT2D eigenvalue weighted by molar-refractivity contribution is 5.45. The predicted octanol–water partition coefficient (Wildman–Crippen LogP) is 4.13. The molecule has 0 unspecified atom stereocenters. The molecule has 0 aliphatic heterocycles. The molecule has 1 fully saturated rings. The molecule has 1 saturated carbocycles. The third kappa shape index (κ3) is 3.82. The van der Waals surface area contributed by atoms with E-state index in [1.165, 1.54) is 25.7 Å². The summed E-state index contributed by atoms with van der Waals surface area (Å²) in [5.41, 5.74) is 8.38. The van der Waals surface area contributed by atoms with Crippen molar-refractivity contribution in [2.45, 2.75) is 64.3 Å². The van der Waals surface area contributed by atoms with Crippen LogP contribution in [-0.4, -0.2) is 10.5 Å². The molecule has 0 amide bonds. The lowest BCUT2D eigenvalue weighted by atomic mass is 9.72. The molecule has 0 aromatic heterocycles. The van der Waals surface area contributed by atoms with Gasteiger partial charge in [-0.1, -0.05) is 31.9 Å². The Morgan fingerprint density at radius 3 is 2.62 bits per heavy atom. The Labute approximate surface area is 126 Å². The molecule has 0 atom stereocenters. The molecule has 0 radical (unpaired) electrons. The first-order valence-corrected chi connectivity index (χ1v) is 7.97. The van der Waals surface area contributed by atoms with E-state index in [0.29, 0.717) is 0 Å². The molecule has 1 aliphatic rings. The van der Waals surface area contributed by atoms with Crippen LogP contribution in [0.2, 0.25) is 0 Å². The second-order valence-corrected chi connectivity index (χ2v) is 6.59. The van der Waals surface area contributed by atoms with Gasteiger partial charge in [0.15, 0.2) is 0 Å². The molecule has 1 aromatic rings. The van der Waals surface area contributed by atoms with Gasteiger partial charge in [0.1, 0.15) is 0 Å². The summed E-state index contributed by atoms with van der Waals surface area (Å²) in [5, 5.41) is 11.0. The van der Waals surface area contributed by atoms with Gasteiger partial charge in [0.25, 0.3) is 5.69 Å². The fourth-order valence-electron chi connectivity index (χ4n) is 3.56. The Bertz CT molecular complexity index is 506. The summed E-state index contributed by atoms with van der Waals surface area (Å²) >= 11 is 0. The highest BCUT2D eigenvalue weighted by atomic mass is 16.6. The molecule has 21 heavy (non-hydrogen) atoms. The van der Waals surface area contributed by atoms with Gasteiger partial charge in [-0.25, -0.2) is 0 Å². The van der Waals surface area contributed by atoms with E-state index < -0.39 is 0 Å². The molecule has 1 aromatic carbocycles. The van der Waals surface area contributed by atoms with Crippen molar-refractivity contribution in [1.82, 2.24) is 0 Å². The van der Waals surface area contributed by atoms with Crippen molar-refractivity contribution in [2.75, 3.05) is 0 Å². The molecule has 0 spiro atoms. The minimum atomic E-state index is -0.305. The fourth-order valence-corrected chi connectivity index (χ4v) is 3.56. The normalized spacial score (nSPS) is 25.8. The van der Waals surface area contributed by atoms with Gasteiger partial charge < -0.3 is 5.73 Å². The van der Waals surface area contributed by atoms with Crippen molar-refractivity contribution in [3.63, 3.8) is 0 Å². The van der Waals surface area contributed by atoms with Crippen molar-refractivity contribution >= 4 is 5.69 Å². The number of hydrogen-bond donors (Lipinski definition) is 1. The summed E-state index contributed by atoms with van der Waals surface area (Å²) in [6.45, 7) is 4.07. The number of benzene rings is 1. The van der Waals surface area contributed by atoms with Crippen LogP contribution in [0.1, 0.15) is 56.6 Å². The highest BCUT2D eigenvalue weighted by Gasteiger charge is 2.32. The van der Waals surface area contributed by atoms with E-state index in [4.69, 9.17) is 5.73 Å². The minimum Gasteiger partial charge on any atom is -0.325 e. The molecule has 4 nitrogen and oxygen atoms in total. The lowest BCUT2D eigenvalue weighted by Gasteiger charge is -2.37. The number of nitro groups is 1. The third-order valence-corrected chi connectivity index (χ3v) is 4.95. The zero-order valence-corrected chi connectivity index (χ0v) is 13.1. The Morgan fingerprint density at radius 1 is 1.38 bits per heavy atom. The standard InChI is InChI=1S/C17H26N2O2/c1-3-5-14-8-10-17(18,11-9-14)12-15-6-4-7-16(13(15)2)19(20)21/h4,6-7,14H,3,5,8-12,18H2,1-2H3. The quantitative estimate of drug-likeness (QED) is 0.654. The fraction of sp³-hybridized carbons (Fsp3) is 0.647. The average Bonchev–Trinajstić information content (AvgIpc) is 2.44. The highest BCUT2D eigenvalue weighted by Crippen LogP contribution is 2.36. The number of nitro benzene ring substituents is 1. The van der Waals surface area contributed by atoms with Gasteiger partial charge in [-0.05, 0) is 50.5 Å². The van der Waals surface area contributed by atoms with E-state index in [1.54, 1.807) is 12.1 Å². The zero-order valence-electron chi connectivity index (χ0n) is 13.1. The first kappa shape index (κ1) is 16.0. The average molecular weight is 290 g/mol. The van der Waals surface area contributed by atoms with E-state index >= 15 is 0 Å². The molecular formula is C17H26N2O2. The summed E-state index contributed by atoms with van der Waals surface area (Å²) < 4.78 is 0. The lowest BCUT2D eigenvalue weighted by Crippen LogP contribution is -2.45. The maximum absolute atomic E-state index is 11.0. The number of nitrogens with zero attached hydrogens (tertiary/aromatic N) is 1. The predicted molar refractivity (Wildman–Crippen MR) is 85.3 cm³/mol. The minimum absolute atomic E-state index is 0.190. The first-order valence-electron chi connectivity index (χ1n) is 7.97. The van der Waals surface area contributed by atoms with Crippen molar-refractivity contribution in [1.29, 1.82) is 0 Å². The molecule has 116 valence electrons. The monoisotopic (exact) mass is 290 g/mol. The molecule has 0 saturated heterocycles. The molecule has 2 rings (SSSR count). The van der Waals surface area contributed by atoms with Gasteiger partial charge in [-0.15, -0.1) is 0 Å². The number of hydrogen-bond acceptors (Lipinski definition) is 3. The van der Waals surface area contributed by atoms with E-state index in [0.717, 1.165) is 36.3 Å². The van der Waals surface area contributed by atoms with Gasteiger partial charge in [0.2, 0.25) is 0 Å². The van der Waals surface area contributed by atoms with Gasteiger partial charge in [-0.2, -0.15) is 0 Å². The SMILES string of the molecule is CCCC1CCC(N)(Cc2cccc([N+](=O)[O-])c2C)CC1. The van der Waals surface area contributed by atoms with Gasteiger partial charge in [-0.3, -0.25) is 10.1 Å². The van der Waals surface area contributed by atoms with E-state index in [-0.39, 0.29) is 16.1 Å². The number of nitrogens with two attached hydrogens (primary N) is 1. The zero-order chi connectivity index (χ0) is 15.5. The van der Waals surface area contributed by atoms with E-state index in [9.17, 15) is 10.1 Å². The maximum Gasteiger partial charge on any atom is 0.272 e. The van der Waals surface area contributed by atoms with Crippen LogP contribution < -0.4 is 5.73 Å². The Morgan fingerprint density at radius 2 is 2.05 bits per heavy atom. The molecule has 0 bridgehead atoms. The van der Waals surface area contributed by atoms with Crippen LogP contribution in [-0.2, 0) is 6.42 Å². The third-order valence-electron chi connectivity index (χ3n) is 4.95. The van der Waals surface area contributed by atoms with E-state index in [2.05, 4.69) is 6.92 Å². The summed E-state index contributed by atoms with van der Waals surface area (Å²) in [7, 11) is 0. The second-order valence-electron chi connectivity index (χ2n) is 6.59. The van der Waals surface area contributed by atoms with Crippen LogP contribution in [0.25, 0.3) is 0 Å². The topological polar surface area (TPSA) is 69.2 Å². The van der Waals surface area contributed by atoms with Gasteiger partial charge >= 0.3 is 0 Å².